The van der Waals surface area contributed by atoms with Gasteiger partial charge in [0.05, 0.1) is 72.7 Å². The molecule has 26 N–H and O–H groups in total. The number of aromatic amines is 1. The summed E-state index contributed by atoms with van der Waals surface area (Å²) >= 11 is 2.50. The number of ether oxygens (including phenoxy) is 5. The van der Waals surface area contributed by atoms with Gasteiger partial charge in [0.15, 0.2) is 18.7 Å². The lowest BCUT2D eigenvalue weighted by Gasteiger charge is -2.47. The number of rotatable bonds is 37. The van der Waals surface area contributed by atoms with Gasteiger partial charge in [-0.15, -0.1) is 22.7 Å². The van der Waals surface area contributed by atoms with Crippen molar-refractivity contribution in [2.45, 2.75) is 170 Å². The number of amides is 8. The molecule has 5 aromatic rings. The highest BCUT2D eigenvalue weighted by Crippen LogP contribution is 2.35. The lowest BCUT2D eigenvalue weighted by atomic mass is 9.96. The van der Waals surface area contributed by atoms with Crippen LogP contribution < -0.4 is 65.9 Å². The normalized spacial score (nSPS) is 23.5. The van der Waals surface area contributed by atoms with Crippen LogP contribution in [0.5, 0.6) is 0 Å². The summed E-state index contributed by atoms with van der Waals surface area (Å²) < 4.78 is 28.8. The lowest BCUT2D eigenvalue weighted by Crippen LogP contribution is -2.65. The lowest BCUT2D eigenvalue weighted by molar-refractivity contribution is -0.372. The number of hydrogen-bond donors (Lipinski definition) is 21. The molecule has 2 fully saturated rings. The van der Waals surface area contributed by atoms with Gasteiger partial charge in [0.25, 0.3) is 11.8 Å². The molecule has 20 atom stereocenters. The zero-order valence-electron chi connectivity index (χ0n) is 55.9. The van der Waals surface area contributed by atoms with Crippen LogP contribution in [0.3, 0.4) is 0 Å². The number of nitrogen functional groups attached to an aromatic ring is 1. The number of H-pyrrole nitrogens is 1. The molecule has 7 rings (SSSR count). The number of thiazole rings is 2. The zero-order valence-corrected chi connectivity index (χ0v) is 57.6. The van der Waals surface area contributed by atoms with Crippen molar-refractivity contribution < 1.29 is 103 Å². The number of aliphatic hydroxyl groups is 8. The van der Waals surface area contributed by atoms with Crippen molar-refractivity contribution >= 4 is 75.9 Å². The van der Waals surface area contributed by atoms with Crippen molar-refractivity contribution in [2.75, 3.05) is 45.1 Å². The summed E-state index contributed by atoms with van der Waals surface area (Å²) in [6.45, 7) is 5.81. The van der Waals surface area contributed by atoms with E-state index in [1.807, 2.05) is 30.3 Å². The van der Waals surface area contributed by atoms with Gasteiger partial charge in [-0.2, -0.15) is 0 Å². The minimum Gasteiger partial charge on any atom is -0.441 e. The fourth-order valence-corrected chi connectivity index (χ4v) is 12.3. The van der Waals surface area contributed by atoms with Crippen molar-refractivity contribution in [1.82, 2.24) is 67.1 Å². The second-order valence-electron chi connectivity index (χ2n) is 24.2. The van der Waals surface area contributed by atoms with Crippen molar-refractivity contribution in [3.63, 3.8) is 0 Å². The number of benzene rings is 1. The molecule has 2 saturated heterocycles. The number of anilines is 1. The first-order valence-electron chi connectivity index (χ1n) is 32.2. The molecule has 19 unspecified atom stereocenters. The average Bonchev–Trinajstić information content (AvgIpc) is 1.13. The Morgan fingerprint density at radius 1 is 0.735 bits per heavy atom. The monoisotopic (exact) mass is 1470 g/mol. The van der Waals surface area contributed by atoms with Gasteiger partial charge in [-0.25, -0.2) is 29.7 Å². The highest BCUT2D eigenvalue weighted by atomic mass is 32.1. The third-order valence-electron chi connectivity index (χ3n) is 16.7. The van der Waals surface area contributed by atoms with Crippen LogP contribution >= 0.6 is 22.7 Å². The maximum Gasteiger partial charge on any atom is 0.404 e. The SMILES string of the molecule is Cc1c(N)nc(C(CC(N)=O)NCC(N)C(N)=O)nc1C(=O)NC(C(=O)NC(C)C(O)C(C)C(=O)NC(C(=O)NCCc1nc(-c2nc(C(=O)NCCCN[C@H](C)c3ccccc3)cs2)cs1)C(C)O)C(OC1OC(CO)C(O)C(O)C1OC1OC(CO)C(O)C(OC(N)=O)C1O)c1cnc[nH]1. The molecule has 0 aliphatic carbocycles. The minimum atomic E-state index is -2.20. The first kappa shape index (κ1) is 80.8. The van der Waals surface area contributed by atoms with Crippen LogP contribution in [-0.2, 0) is 54.1 Å². The number of nitrogens with zero attached hydrogens (tertiary/aromatic N) is 5. The van der Waals surface area contributed by atoms with Gasteiger partial charge in [0.2, 0.25) is 29.5 Å². The minimum absolute atomic E-state index is 0.0169. The maximum absolute atomic E-state index is 15.2. The Balaban J connectivity index is 1.08. The van der Waals surface area contributed by atoms with Gasteiger partial charge in [0.1, 0.15) is 94.6 Å². The van der Waals surface area contributed by atoms with Crippen LogP contribution in [0.1, 0.15) is 107 Å². The fourth-order valence-electron chi connectivity index (χ4n) is 10.7. The third-order valence-corrected chi connectivity index (χ3v) is 18.4. The summed E-state index contributed by atoms with van der Waals surface area (Å²) in [7, 11) is 0. The topological polar surface area (TPSA) is 639 Å². The summed E-state index contributed by atoms with van der Waals surface area (Å²) in [5.41, 5.74) is 29.2. The molecule has 2 aliphatic heterocycles. The molecule has 0 spiro atoms. The molecule has 1 aromatic carbocycles. The van der Waals surface area contributed by atoms with E-state index < -0.39 is 183 Å². The van der Waals surface area contributed by atoms with E-state index in [2.05, 4.69) is 74.0 Å². The smallest absolute Gasteiger partial charge is 0.404 e. The number of carbonyl (C=O) groups is 8. The van der Waals surface area contributed by atoms with Crippen molar-refractivity contribution in [3.05, 3.63) is 92.7 Å². The predicted molar refractivity (Wildman–Crippen MR) is 358 cm³/mol. The Hall–Kier alpha value is -8.47. The number of aliphatic hydroxyl groups excluding tert-OH is 8. The Labute approximate surface area is 590 Å². The number of primary amides is 3. The first-order chi connectivity index (χ1) is 48.4. The number of nitrogens with two attached hydrogens (primary N) is 5. The maximum atomic E-state index is 15.2. The second kappa shape index (κ2) is 37.6. The largest absolute Gasteiger partial charge is 0.441 e. The number of aromatic nitrogens is 6. The summed E-state index contributed by atoms with van der Waals surface area (Å²) in [6.07, 6.45) is -24.5. The molecule has 2 aliphatic rings. The Bertz CT molecular complexity index is 3620. The van der Waals surface area contributed by atoms with E-state index in [1.165, 1.54) is 50.4 Å². The Morgan fingerprint density at radius 3 is 2.08 bits per heavy atom. The van der Waals surface area contributed by atoms with Gasteiger partial charge >= 0.3 is 6.09 Å². The molecule has 6 heterocycles. The molecule has 41 heteroatoms. The number of hydrogen-bond acceptors (Lipinski definition) is 32. The Morgan fingerprint density at radius 2 is 1.43 bits per heavy atom. The van der Waals surface area contributed by atoms with E-state index in [-0.39, 0.29) is 60.1 Å². The highest BCUT2D eigenvalue weighted by Gasteiger charge is 2.54. The van der Waals surface area contributed by atoms with Gasteiger partial charge in [-0.1, -0.05) is 37.3 Å². The summed E-state index contributed by atoms with van der Waals surface area (Å²) in [4.78, 5) is 131. The fraction of sp³-hybridized carbons (Fsp3) is 0.557. The van der Waals surface area contributed by atoms with Crippen LogP contribution in [0.15, 0.2) is 53.6 Å². The molecule has 8 amide bonds. The van der Waals surface area contributed by atoms with Gasteiger partial charge < -0.3 is 135 Å². The molecule has 0 radical (unpaired) electrons. The summed E-state index contributed by atoms with van der Waals surface area (Å²) in [5.74, 6) is -8.75. The van der Waals surface area contributed by atoms with E-state index >= 15 is 4.79 Å². The summed E-state index contributed by atoms with van der Waals surface area (Å²) in [6, 6.07) is 2.26. The van der Waals surface area contributed by atoms with E-state index in [9.17, 15) is 74.4 Å². The number of nitrogens with one attached hydrogen (secondary N) is 8. The zero-order chi connectivity index (χ0) is 74.8. The third kappa shape index (κ3) is 21.3. The van der Waals surface area contributed by atoms with Crippen LogP contribution in [0, 0.1) is 12.8 Å². The summed E-state index contributed by atoms with van der Waals surface area (Å²) in [5, 5.41) is 112. The van der Waals surface area contributed by atoms with Gasteiger partial charge in [-0.05, 0) is 46.2 Å². The van der Waals surface area contributed by atoms with E-state index in [4.69, 9.17) is 52.4 Å². The van der Waals surface area contributed by atoms with Crippen molar-refractivity contribution in [1.29, 1.82) is 0 Å². The average molecular weight is 1470 g/mol. The van der Waals surface area contributed by atoms with Crippen molar-refractivity contribution in [3.8, 4) is 10.7 Å². The van der Waals surface area contributed by atoms with E-state index in [0.29, 0.717) is 35.2 Å². The molecule has 4 aromatic heterocycles. The second-order valence-corrected chi connectivity index (χ2v) is 26.0. The van der Waals surface area contributed by atoms with Crippen LogP contribution in [0.4, 0.5) is 10.6 Å². The molecule has 0 saturated carbocycles. The molecule has 0 bridgehead atoms. The first-order valence-corrected chi connectivity index (χ1v) is 33.9. The molecule has 102 heavy (non-hydrogen) atoms. The highest BCUT2D eigenvalue weighted by molar-refractivity contribution is 7.14. The molecule has 560 valence electrons. The molecular formula is C61H88N18O21S2. The predicted octanol–water partition coefficient (Wildman–Crippen LogP) is -6.23. The number of carbonyl (C=O) groups excluding carboxylic acids is 8. The standard InChI is InChI=1S/C61H88N18O21S2/c1-24-39(76-52(79-50(24)64)31(16-37(63)83)71-17-30(62)51(65)89)56(93)78-41(47(32-18-67-23-72-32)98-60-49(45(87)43(85)35(19-80)97-60)99-59-46(88)48(100-61(66)95)44(86)36(20-81)96-59)57(94)73-27(4)42(84)25(2)53(90)77-40(28(5)82)55(92)70-15-12-38-74-34(22-101-38)58-75-33(21-102-58)54(91)69-14-9-13-68-26(3)29-10-7-6-8-11-29/h6-8,10-11,18,21-23,25-28,30-31,35-36,40-49,59-60,68,71,80-82,84-88H,9,12-17,19-20,62H2,1-5H3,(H2,63,83)(H2,65,89)(H2,66,95)(H,67,72)(H,69,91)(H,70,92)(H,73,94)(H,77,90)(H,78,93)(H2,64,76,79)/t25?,26-,27?,28?,30?,31?,35?,36?,40?,41?,42?,43?,44?,45?,46?,47?,48?,49?,59?,60?/m1/s1. The van der Waals surface area contributed by atoms with Gasteiger partial charge in [-0.3, -0.25) is 33.6 Å². The van der Waals surface area contributed by atoms with Crippen LogP contribution in [-0.4, -0.2) is 255 Å². The van der Waals surface area contributed by atoms with Crippen molar-refractivity contribution in [2.24, 2.45) is 28.9 Å². The molecular weight excluding hydrogens is 1380 g/mol. The Kier molecular flexibility index (Phi) is 29.8. The molecule has 39 nitrogen and oxygen atoms in total. The number of imidazole rings is 1. The van der Waals surface area contributed by atoms with Crippen LogP contribution in [0.25, 0.3) is 10.7 Å². The quantitative estimate of drug-likeness (QED) is 0.0165. The van der Waals surface area contributed by atoms with E-state index in [1.54, 1.807) is 10.8 Å². The van der Waals surface area contributed by atoms with E-state index in [0.717, 1.165) is 18.1 Å². The van der Waals surface area contributed by atoms with Crippen LogP contribution in [0.2, 0.25) is 0 Å². The van der Waals surface area contributed by atoms with Gasteiger partial charge in [0, 0.05) is 54.8 Å².